The molecule has 6 nitrogen and oxygen atoms in total. The summed E-state index contributed by atoms with van der Waals surface area (Å²) in [5.74, 6) is 0.561. The third kappa shape index (κ3) is 3.48. The first-order valence-electron chi connectivity index (χ1n) is 6.70. The Kier molecular flexibility index (Phi) is 4.56. The summed E-state index contributed by atoms with van der Waals surface area (Å²) < 4.78 is 33.7. The molecule has 1 aliphatic heterocycles. The van der Waals surface area contributed by atoms with E-state index in [0.717, 1.165) is 12.2 Å². The van der Waals surface area contributed by atoms with E-state index < -0.39 is 10.0 Å². The molecule has 0 fully saturated rings. The summed E-state index contributed by atoms with van der Waals surface area (Å²) in [6, 6.07) is 7.95. The van der Waals surface area contributed by atoms with Crippen LogP contribution in [0.4, 0.5) is 11.4 Å². The average Bonchev–Trinajstić information content (AvgIpc) is 2.50. The van der Waals surface area contributed by atoms with Crippen LogP contribution in [-0.2, 0) is 10.0 Å². The van der Waals surface area contributed by atoms with Crippen molar-refractivity contribution in [1.82, 2.24) is 4.98 Å². The maximum atomic E-state index is 12.6. The molecule has 0 spiro atoms. The van der Waals surface area contributed by atoms with Gasteiger partial charge in [-0.3, -0.25) is 4.72 Å². The Labute approximate surface area is 153 Å². The Morgan fingerprint density at radius 2 is 2.13 bits per heavy atom. The molecule has 2 aromatic rings. The fourth-order valence-corrected chi connectivity index (χ4v) is 4.33. The van der Waals surface area contributed by atoms with Gasteiger partial charge in [0.2, 0.25) is 0 Å². The average molecular weight is 466 g/mol. The minimum atomic E-state index is -3.74. The Balaban J connectivity index is 1.93. The molecule has 1 aromatic carbocycles. The molecule has 0 amide bonds. The molecule has 1 aliphatic rings. The van der Waals surface area contributed by atoms with Crippen molar-refractivity contribution in [3.05, 3.63) is 39.2 Å². The van der Waals surface area contributed by atoms with E-state index in [2.05, 4.69) is 9.71 Å². The van der Waals surface area contributed by atoms with Crippen LogP contribution in [0.2, 0.25) is 5.15 Å². The molecule has 0 atom stereocenters. The van der Waals surface area contributed by atoms with Crippen LogP contribution >= 0.6 is 34.2 Å². The molecule has 0 bridgehead atoms. The maximum absolute atomic E-state index is 12.6. The molecule has 2 heterocycles. The van der Waals surface area contributed by atoms with E-state index in [9.17, 15) is 8.42 Å². The molecule has 0 unspecified atom stereocenters. The van der Waals surface area contributed by atoms with Crippen molar-refractivity contribution in [2.24, 2.45) is 0 Å². The maximum Gasteiger partial charge on any atom is 0.262 e. The number of ether oxygens (including phenoxy) is 1. The number of hydrogen-bond acceptors (Lipinski definition) is 5. The van der Waals surface area contributed by atoms with Crippen LogP contribution in [0, 0.1) is 3.70 Å². The molecule has 0 saturated heterocycles. The van der Waals surface area contributed by atoms with Gasteiger partial charge in [-0.2, -0.15) is 0 Å². The number of fused-ring (bicyclic) bond motifs is 1. The van der Waals surface area contributed by atoms with Gasteiger partial charge in [0.15, 0.2) is 0 Å². The highest BCUT2D eigenvalue weighted by atomic mass is 127. The van der Waals surface area contributed by atoms with Gasteiger partial charge in [-0.1, -0.05) is 11.6 Å². The number of benzene rings is 1. The van der Waals surface area contributed by atoms with Gasteiger partial charge in [0.1, 0.15) is 21.2 Å². The largest absolute Gasteiger partial charge is 0.490 e. The van der Waals surface area contributed by atoms with Crippen LogP contribution in [-0.4, -0.2) is 33.6 Å². The number of likely N-dealkylation sites (N-methyl/N-ethyl adjacent to an activating group) is 1. The molecule has 122 valence electrons. The first kappa shape index (κ1) is 16.6. The Morgan fingerprint density at radius 3 is 2.87 bits per heavy atom. The highest BCUT2D eigenvalue weighted by molar-refractivity contribution is 14.1. The Morgan fingerprint density at radius 1 is 1.35 bits per heavy atom. The quantitative estimate of drug-likeness (QED) is 0.557. The monoisotopic (exact) mass is 465 g/mol. The van der Waals surface area contributed by atoms with Crippen molar-refractivity contribution in [3.63, 3.8) is 0 Å². The molecule has 1 N–H and O–H groups in total. The predicted molar refractivity (Wildman–Crippen MR) is 98.0 cm³/mol. The first-order valence-corrected chi connectivity index (χ1v) is 9.64. The lowest BCUT2D eigenvalue weighted by molar-refractivity contribution is 0.310. The van der Waals surface area contributed by atoms with Gasteiger partial charge >= 0.3 is 0 Å². The fourth-order valence-electron chi connectivity index (χ4n) is 2.20. The number of anilines is 2. The number of nitrogens with zero attached hydrogens (tertiary/aromatic N) is 2. The van der Waals surface area contributed by atoms with Crippen molar-refractivity contribution in [2.75, 3.05) is 29.8 Å². The second-order valence-corrected chi connectivity index (χ2v) is 8.07. The summed E-state index contributed by atoms with van der Waals surface area (Å²) in [4.78, 5) is 6.18. The zero-order chi connectivity index (χ0) is 16.6. The van der Waals surface area contributed by atoms with E-state index in [4.69, 9.17) is 16.3 Å². The summed E-state index contributed by atoms with van der Waals surface area (Å²) in [6.45, 7) is 1.30. The van der Waals surface area contributed by atoms with Crippen molar-refractivity contribution >= 4 is 55.6 Å². The minimum absolute atomic E-state index is 0.136. The number of nitrogens with one attached hydrogen (secondary N) is 1. The zero-order valence-electron chi connectivity index (χ0n) is 12.1. The normalized spacial score (nSPS) is 14.1. The number of halogens is 2. The molecular weight excluding hydrogens is 453 g/mol. The highest BCUT2D eigenvalue weighted by Gasteiger charge is 2.21. The third-order valence-electron chi connectivity index (χ3n) is 3.40. The lowest BCUT2D eigenvalue weighted by Gasteiger charge is -2.27. The number of aromatic nitrogens is 1. The molecule has 0 saturated carbocycles. The van der Waals surface area contributed by atoms with Crippen molar-refractivity contribution in [2.45, 2.75) is 4.90 Å². The van der Waals surface area contributed by atoms with E-state index in [1.807, 2.05) is 34.5 Å². The first-order chi connectivity index (χ1) is 10.9. The second kappa shape index (κ2) is 6.33. The Bertz CT molecular complexity index is 860. The SMILES string of the molecule is CN1CCOc2cc(S(=O)(=O)Nc3ccc(Cl)nc3I)ccc21. The van der Waals surface area contributed by atoms with Gasteiger partial charge in [-0.05, 0) is 46.9 Å². The van der Waals surface area contributed by atoms with Crippen LogP contribution in [0.3, 0.4) is 0 Å². The standard InChI is InChI=1S/C14H13ClIN3O3S/c1-19-6-7-22-12-8-9(2-4-11(12)19)23(20,21)18-10-3-5-13(15)17-14(10)16/h2-5,8,18H,6-7H2,1H3. The molecular formula is C14H13ClIN3O3S. The zero-order valence-corrected chi connectivity index (χ0v) is 15.8. The summed E-state index contributed by atoms with van der Waals surface area (Å²) in [7, 11) is -1.80. The number of sulfonamides is 1. The summed E-state index contributed by atoms with van der Waals surface area (Å²) in [5, 5.41) is 0.308. The lowest BCUT2D eigenvalue weighted by atomic mass is 10.2. The number of pyridine rings is 1. The van der Waals surface area contributed by atoms with Gasteiger partial charge in [-0.15, -0.1) is 0 Å². The third-order valence-corrected chi connectivity index (χ3v) is 5.79. The van der Waals surface area contributed by atoms with E-state index >= 15 is 0 Å². The van der Waals surface area contributed by atoms with Gasteiger partial charge in [0, 0.05) is 13.1 Å². The summed E-state index contributed by atoms with van der Waals surface area (Å²) in [5.41, 5.74) is 1.25. The van der Waals surface area contributed by atoms with E-state index in [1.165, 1.54) is 12.1 Å². The highest BCUT2D eigenvalue weighted by Crippen LogP contribution is 2.33. The molecule has 0 aliphatic carbocycles. The summed E-state index contributed by atoms with van der Waals surface area (Å²) in [6.07, 6.45) is 0. The molecule has 23 heavy (non-hydrogen) atoms. The van der Waals surface area contributed by atoms with Crippen LogP contribution in [0.25, 0.3) is 0 Å². The van der Waals surface area contributed by atoms with Crippen molar-refractivity contribution in [3.8, 4) is 5.75 Å². The molecule has 3 rings (SSSR count). The molecule has 1 aromatic heterocycles. The molecule has 0 radical (unpaired) electrons. The minimum Gasteiger partial charge on any atom is -0.490 e. The van der Waals surface area contributed by atoms with E-state index in [0.29, 0.717) is 26.9 Å². The van der Waals surface area contributed by atoms with Gasteiger partial charge in [0.05, 0.1) is 22.8 Å². The van der Waals surface area contributed by atoms with E-state index in [-0.39, 0.29) is 4.90 Å². The fraction of sp³-hybridized carbons (Fsp3) is 0.214. The lowest BCUT2D eigenvalue weighted by Crippen LogP contribution is -2.29. The number of hydrogen-bond donors (Lipinski definition) is 1. The van der Waals surface area contributed by atoms with Gasteiger partial charge < -0.3 is 9.64 Å². The van der Waals surface area contributed by atoms with E-state index in [1.54, 1.807) is 18.2 Å². The number of rotatable bonds is 3. The van der Waals surface area contributed by atoms with Crippen molar-refractivity contribution < 1.29 is 13.2 Å². The van der Waals surface area contributed by atoms with Crippen LogP contribution < -0.4 is 14.4 Å². The topological polar surface area (TPSA) is 71.5 Å². The van der Waals surface area contributed by atoms with Crippen LogP contribution in [0.1, 0.15) is 0 Å². The second-order valence-electron chi connectivity index (χ2n) is 4.98. The Hall–Kier alpha value is -1.26. The van der Waals surface area contributed by atoms with Crippen LogP contribution in [0.15, 0.2) is 35.2 Å². The van der Waals surface area contributed by atoms with Crippen LogP contribution in [0.5, 0.6) is 5.75 Å². The van der Waals surface area contributed by atoms with Gasteiger partial charge in [-0.25, -0.2) is 13.4 Å². The van der Waals surface area contributed by atoms with Gasteiger partial charge in [0.25, 0.3) is 10.0 Å². The summed E-state index contributed by atoms with van der Waals surface area (Å²) >= 11 is 7.71. The predicted octanol–water partition coefficient (Wildman–Crippen LogP) is 2.97. The van der Waals surface area contributed by atoms with Crippen molar-refractivity contribution in [1.29, 1.82) is 0 Å². The molecule has 9 heteroatoms. The smallest absolute Gasteiger partial charge is 0.262 e.